The number of piperazine rings is 1. The molecule has 2 aliphatic heterocycles. The number of benzene rings is 1. The van der Waals surface area contributed by atoms with E-state index in [1.807, 2.05) is 6.07 Å². The van der Waals surface area contributed by atoms with E-state index in [2.05, 4.69) is 31.9 Å². The molecule has 0 saturated carbocycles. The molecule has 7 heteroatoms. The fourth-order valence-electron chi connectivity index (χ4n) is 2.98. The average Bonchev–Trinajstić information content (AvgIpc) is 3.10. The second-order valence-electron chi connectivity index (χ2n) is 5.87. The number of hydrogen-bond acceptors (Lipinski definition) is 7. The zero-order chi connectivity index (χ0) is 16.4. The van der Waals surface area contributed by atoms with Gasteiger partial charge in [-0.05, 0) is 17.7 Å². The SMILES string of the molecule is COc1cnc(N2CCN(Cc3ccc4c(c3)OCO4)CC2)nc1. The lowest BCUT2D eigenvalue weighted by Gasteiger charge is -2.34. The van der Waals surface area contributed by atoms with E-state index in [9.17, 15) is 0 Å². The molecule has 2 aromatic rings. The van der Waals surface area contributed by atoms with Gasteiger partial charge < -0.3 is 19.1 Å². The number of hydrogen-bond donors (Lipinski definition) is 0. The highest BCUT2D eigenvalue weighted by Gasteiger charge is 2.20. The van der Waals surface area contributed by atoms with Crippen molar-refractivity contribution in [3.63, 3.8) is 0 Å². The third kappa shape index (κ3) is 3.07. The number of fused-ring (bicyclic) bond motifs is 1. The van der Waals surface area contributed by atoms with E-state index >= 15 is 0 Å². The van der Waals surface area contributed by atoms with E-state index in [0.29, 0.717) is 12.5 Å². The van der Waals surface area contributed by atoms with E-state index in [-0.39, 0.29) is 0 Å². The molecule has 0 amide bonds. The van der Waals surface area contributed by atoms with Crippen LogP contribution in [0.2, 0.25) is 0 Å². The van der Waals surface area contributed by atoms with Crippen LogP contribution >= 0.6 is 0 Å². The second-order valence-corrected chi connectivity index (χ2v) is 5.87. The van der Waals surface area contributed by atoms with Crippen molar-refractivity contribution >= 4 is 5.95 Å². The van der Waals surface area contributed by atoms with Crippen LogP contribution < -0.4 is 19.1 Å². The van der Waals surface area contributed by atoms with Crippen LogP contribution in [0, 0.1) is 0 Å². The normalized spacial score (nSPS) is 17.1. The molecule has 7 nitrogen and oxygen atoms in total. The molecule has 0 N–H and O–H groups in total. The van der Waals surface area contributed by atoms with Crippen molar-refractivity contribution in [1.29, 1.82) is 0 Å². The summed E-state index contributed by atoms with van der Waals surface area (Å²) >= 11 is 0. The average molecular weight is 328 g/mol. The van der Waals surface area contributed by atoms with Crippen molar-refractivity contribution in [2.24, 2.45) is 0 Å². The van der Waals surface area contributed by atoms with E-state index in [1.54, 1.807) is 19.5 Å². The number of methoxy groups -OCH3 is 1. The van der Waals surface area contributed by atoms with Gasteiger partial charge in [-0.1, -0.05) is 6.07 Å². The van der Waals surface area contributed by atoms with E-state index in [1.165, 1.54) is 5.56 Å². The monoisotopic (exact) mass is 328 g/mol. The molecule has 1 aromatic carbocycles. The van der Waals surface area contributed by atoms with Crippen LogP contribution in [-0.2, 0) is 6.54 Å². The van der Waals surface area contributed by atoms with Crippen LogP contribution in [0.1, 0.15) is 5.56 Å². The molecule has 0 bridgehead atoms. The Balaban J connectivity index is 1.34. The molecular weight excluding hydrogens is 308 g/mol. The van der Waals surface area contributed by atoms with Gasteiger partial charge in [0.05, 0.1) is 19.5 Å². The van der Waals surface area contributed by atoms with Gasteiger partial charge in [0.15, 0.2) is 17.2 Å². The van der Waals surface area contributed by atoms with Crippen LogP contribution in [0.5, 0.6) is 17.2 Å². The topological polar surface area (TPSA) is 60.0 Å². The van der Waals surface area contributed by atoms with Crippen LogP contribution in [-0.4, -0.2) is 54.9 Å². The second kappa shape index (κ2) is 6.52. The Labute approximate surface area is 140 Å². The first-order chi connectivity index (χ1) is 11.8. The Morgan fingerprint density at radius 1 is 1.04 bits per heavy atom. The minimum atomic E-state index is 0.319. The fraction of sp³-hybridized carbons (Fsp3) is 0.412. The first kappa shape index (κ1) is 15.0. The Morgan fingerprint density at radius 2 is 1.79 bits per heavy atom. The maximum Gasteiger partial charge on any atom is 0.231 e. The molecule has 126 valence electrons. The predicted molar refractivity (Wildman–Crippen MR) is 88.6 cm³/mol. The van der Waals surface area contributed by atoms with Crippen LogP contribution in [0.4, 0.5) is 5.95 Å². The lowest BCUT2D eigenvalue weighted by atomic mass is 10.1. The molecule has 24 heavy (non-hydrogen) atoms. The summed E-state index contributed by atoms with van der Waals surface area (Å²) in [6.45, 7) is 5.01. The fourth-order valence-corrected chi connectivity index (χ4v) is 2.98. The van der Waals surface area contributed by atoms with Crippen molar-refractivity contribution in [3.8, 4) is 17.2 Å². The standard InChI is InChI=1S/C17H20N4O3/c1-22-14-9-18-17(19-10-14)21-6-4-20(5-7-21)11-13-2-3-15-16(8-13)24-12-23-15/h2-3,8-10H,4-7,11-12H2,1H3. The molecule has 2 aliphatic rings. The van der Waals surface area contributed by atoms with E-state index < -0.39 is 0 Å². The molecule has 0 unspecified atom stereocenters. The van der Waals surface area contributed by atoms with Gasteiger partial charge in [-0.15, -0.1) is 0 Å². The van der Waals surface area contributed by atoms with Gasteiger partial charge in [0.25, 0.3) is 0 Å². The minimum Gasteiger partial charge on any atom is -0.494 e. The van der Waals surface area contributed by atoms with Gasteiger partial charge in [-0.3, -0.25) is 4.90 Å². The lowest BCUT2D eigenvalue weighted by Crippen LogP contribution is -2.46. The predicted octanol–water partition coefficient (Wildman–Crippen LogP) is 1.54. The minimum absolute atomic E-state index is 0.319. The van der Waals surface area contributed by atoms with Gasteiger partial charge in [0.2, 0.25) is 12.7 Å². The highest BCUT2D eigenvalue weighted by molar-refractivity contribution is 5.44. The summed E-state index contributed by atoms with van der Waals surface area (Å²) in [5.41, 5.74) is 1.24. The molecule has 1 aromatic heterocycles. The molecular formula is C17H20N4O3. The van der Waals surface area contributed by atoms with Gasteiger partial charge in [-0.25, -0.2) is 9.97 Å². The van der Waals surface area contributed by atoms with Gasteiger partial charge in [0, 0.05) is 32.7 Å². The molecule has 0 aliphatic carbocycles. The maximum absolute atomic E-state index is 5.45. The Hall–Kier alpha value is -2.54. The smallest absolute Gasteiger partial charge is 0.231 e. The molecule has 1 saturated heterocycles. The summed E-state index contributed by atoms with van der Waals surface area (Å²) < 4.78 is 15.9. The van der Waals surface area contributed by atoms with E-state index in [4.69, 9.17) is 14.2 Å². The highest BCUT2D eigenvalue weighted by Crippen LogP contribution is 2.32. The number of ether oxygens (including phenoxy) is 3. The number of nitrogens with zero attached hydrogens (tertiary/aromatic N) is 4. The summed E-state index contributed by atoms with van der Waals surface area (Å²) in [4.78, 5) is 13.4. The van der Waals surface area contributed by atoms with Crippen LogP contribution in [0.15, 0.2) is 30.6 Å². The van der Waals surface area contributed by atoms with Crippen molar-refractivity contribution in [1.82, 2.24) is 14.9 Å². The Kier molecular flexibility index (Phi) is 4.08. The first-order valence-electron chi connectivity index (χ1n) is 8.04. The number of rotatable bonds is 4. The summed E-state index contributed by atoms with van der Waals surface area (Å²) in [6, 6.07) is 6.16. The maximum atomic E-state index is 5.45. The number of aromatic nitrogens is 2. The first-order valence-corrected chi connectivity index (χ1v) is 8.04. The molecule has 1 fully saturated rings. The third-order valence-electron chi connectivity index (χ3n) is 4.35. The van der Waals surface area contributed by atoms with Crippen molar-refractivity contribution in [2.75, 3.05) is 45.0 Å². The molecule has 0 atom stereocenters. The Morgan fingerprint density at radius 3 is 2.54 bits per heavy atom. The quantitative estimate of drug-likeness (QED) is 0.843. The van der Waals surface area contributed by atoms with Gasteiger partial charge >= 0.3 is 0 Å². The molecule has 3 heterocycles. The van der Waals surface area contributed by atoms with Crippen molar-refractivity contribution in [2.45, 2.75) is 6.54 Å². The van der Waals surface area contributed by atoms with Crippen LogP contribution in [0.25, 0.3) is 0 Å². The van der Waals surface area contributed by atoms with E-state index in [0.717, 1.165) is 50.2 Å². The van der Waals surface area contributed by atoms with Gasteiger partial charge in [-0.2, -0.15) is 0 Å². The van der Waals surface area contributed by atoms with Crippen molar-refractivity contribution < 1.29 is 14.2 Å². The Bertz CT molecular complexity index is 699. The highest BCUT2D eigenvalue weighted by atomic mass is 16.7. The summed E-state index contributed by atoms with van der Waals surface area (Å²) in [5, 5.41) is 0. The summed E-state index contributed by atoms with van der Waals surface area (Å²) in [6.07, 6.45) is 3.42. The van der Waals surface area contributed by atoms with Crippen LogP contribution in [0.3, 0.4) is 0 Å². The zero-order valence-electron chi connectivity index (χ0n) is 13.6. The number of anilines is 1. The largest absolute Gasteiger partial charge is 0.494 e. The summed E-state index contributed by atoms with van der Waals surface area (Å²) in [5.74, 6) is 3.12. The zero-order valence-corrected chi connectivity index (χ0v) is 13.6. The lowest BCUT2D eigenvalue weighted by molar-refractivity contribution is 0.174. The molecule has 0 spiro atoms. The van der Waals surface area contributed by atoms with Crippen molar-refractivity contribution in [3.05, 3.63) is 36.2 Å². The molecule has 0 radical (unpaired) electrons. The van der Waals surface area contributed by atoms with Gasteiger partial charge in [0.1, 0.15) is 0 Å². The summed E-state index contributed by atoms with van der Waals surface area (Å²) in [7, 11) is 1.62. The molecule has 4 rings (SSSR count). The third-order valence-corrected chi connectivity index (χ3v) is 4.35.